The Morgan fingerprint density at radius 1 is 1.27 bits per heavy atom. The summed E-state index contributed by atoms with van der Waals surface area (Å²) in [6, 6.07) is 5.23. The number of aliphatic imine (C=N–C) groups is 1. The minimum atomic E-state index is -0.500. The molecule has 3 heterocycles. The van der Waals surface area contributed by atoms with Gasteiger partial charge in [-0.25, -0.2) is 19.4 Å². The second-order valence-electron chi connectivity index (χ2n) is 10.5. The third-order valence-corrected chi connectivity index (χ3v) is 7.04. The SMILES string of the molecule is CC=C1C=C(Oc2ccc(N=C(N)c3nc4c(cc3C)OCC(C)CN4CCCCC)c(F)c2C)C=CN1/N=C\C. The normalized spacial score (nSPS) is 18.4. The van der Waals surface area contributed by atoms with E-state index < -0.39 is 5.82 Å². The number of benzene rings is 1. The number of halogens is 1. The summed E-state index contributed by atoms with van der Waals surface area (Å²) in [5.74, 6) is 2.50. The van der Waals surface area contributed by atoms with Crippen LogP contribution in [0.15, 0.2) is 64.2 Å². The molecular weight excluding hydrogens is 519 g/mol. The zero-order valence-electron chi connectivity index (χ0n) is 24.9. The molecule has 4 rings (SSSR count). The first-order valence-corrected chi connectivity index (χ1v) is 14.3. The molecule has 8 nitrogen and oxygen atoms in total. The molecule has 0 fully saturated rings. The van der Waals surface area contributed by atoms with Crippen molar-refractivity contribution >= 4 is 23.6 Å². The highest BCUT2D eigenvalue weighted by molar-refractivity contribution is 5.99. The van der Waals surface area contributed by atoms with E-state index in [2.05, 4.69) is 28.8 Å². The van der Waals surface area contributed by atoms with E-state index in [1.807, 2.05) is 39.0 Å². The van der Waals surface area contributed by atoms with Gasteiger partial charge in [0.1, 0.15) is 22.9 Å². The van der Waals surface area contributed by atoms with Crippen molar-refractivity contribution < 1.29 is 13.9 Å². The number of rotatable bonds is 9. The lowest BCUT2D eigenvalue weighted by atomic mass is 10.1. The predicted molar refractivity (Wildman–Crippen MR) is 165 cm³/mol. The minimum Gasteiger partial charge on any atom is -0.489 e. The number of anilines is 1. The van der Waals surface area contributed by atoms with Crippen LogP contribution in [-0.2, 0) is 0 Å². The van der Waals surface area contributed by atoms with Crippen LogP contribution in [0.3, 0.4) is 0 Å². The molecule has 0 saturated carbocycles. The first-order valence-electron chi connectivity index (χ1n) is 14.3. The number of hydrogen-bond donors (Lipinski definition) is 1. The number of allylic oxidation sites excluding steroid dienone is 3. The summed E-state index contributed by atoms with van der Waals surface area (Å²) in [4.78, 5) is 11.6. The molecule has 41 heavy (non-hydrogen) atoms. The van der Waals surface area contributed by atoms with Gasteiger partial charge in [-0.3, -0.25) is 0 Å². The standard InChI is InChI=1S/C32H41FN6O2/c1-7-10-11-15-38-19-21(4)20-40-28-17-22(5)30(37-32(28)38)31(34)36-26-12-13-27(23(6)29(26)33)41-25-14-16-39(35-9-3)24(8-2)18-25/h8-9,12-14,16-18,21H,7,10-11,15,19-20H2,1-6H3,(H2,34,36)/b24-8?,35-9-. The van der Waals surface area contributed by atoms with Crippen LogP contribution in [0, 0.1) is 25.6 Å². The second kappa shape index (κ2) is 13.5. The Balaban J connectivity index is 1.60. The predicted octanol–water partition coefficient (Wildman–Crippen LogP) is 6.90. The maximum absolute atomic E-state index is 15.5. The third kappa shape index (κ3) is 6.96. The largest absolute Gasteiger partial charge is 0.489 e. The van der Waals surface area contributed by atoms with E-state index in [4.69, 9.17) is 20.2 Å². The molecular formula is C32H41FN6O2. The number of aromatic nitrogens is 1. The van der Waals surface area contributed by atoms with Gasteiger partial charge in [-0.2, -0.15) is 5.10 Å². The second-order valence-corrected chi connectivity index (χ2v) is 10.5. The number of nitrogens with zero attached hydrogens (tertiary/aromatic N) is 5. The molecule has 0 bridgehead atoms. The molecule has 2 aliphatic heterocycles. The van der Waals surface area contributed by atoms with Crippen molar-refractivity contribution in [1.82, 2.24) is 9.99 Å². The zero-order chi connectivity index (χ0) is 29.5. The van der Waals surface area contributed by atoms with E-state index in [1.54, 1.807) is 42.6 Å². The summed E-state index contributed by atoms with van der Waals surface area (Å²) < 4.78 is 27.7. The van der Waals surface area contributed by atoms with Crippen molar-refractivity contribution in [1.29, 1.82) is 0 Å². The molecule has 2 N–H and O–H groups in total. The zero-order valence-corrected chi connectivity index (χ0v) is 24.9. The molecule has 2 aromatic rings. The minimum absolute atomic E-state index is 0.124. The average Bonchev–Trinajstić information content (AvgIpc) is 3.11. The van der Waals surface area contributed by atoms with Crippen molar-refractivity contribution in [2.75, 3.05) is 24.6 Å². The van der Waals surface area contributed by atoms with Gasteiger partial charge in [0.25, 0.3) is 0 Å². The molecule has 218 valence electrons. The maximum Gasteiger partial charge on any atom is 0.172 e. The van der Waals surface area contributed by atoms with Crippen LogP contribution in [0.25, 0.3) is 0 Å². The Morgan fingerprint density at radius 2 is 2.07 bits per heavy atom. The van der Waals surface area contributed by atoms with Crippen molar-refractivity contribution in [3.63, 3.8) is 0 Å². The fourth-order valence-corrected chi connectivity index (χ4v) is 4.83. The third-order valence-electron chi connectivity index (χ3n) is 7.04. The van der Waals surface area contributed by atoms with E-state index in [-0.39, 0.29) is 11.5 Å². The van der Waals surface area contributed by atoms with E-state index in [1.165, 1.54) is 0 Å². The van der Waals surface area contributed by atoms with Gasteiger partial charge < -0.3 is 20.1 Å². The first-order chi connectivity index (χ1) is 19.7. The fraction of sp³-hybridized carbons (Fsp3) is 0.406. The summed E-state index contributed by atoms with van der Waals surface area (Å²) in [7, 11) is 0. The topological polar surface area (TPSA) is 88.6 Å². The van der Waals surface area contributed by atoms with E-state index in [0.29, 0.717) is 35.3 Å². The molecule has 9 heteroatoms. The summed E-state index contributed by atoms with van der Waals surface area (Å²) >= 11 is 0. The Kier molecular flexibility index (Phi) is 9.81. The molecule has 1 aromatic heterocycles. The highest BCUT2D eigenvalue weighted by Gasteiger charge is 2.24. The number of hydrazone groups is 1. The van der Waals surface area contributed by atoms with Crippen LogP contribution >= 0.6 is 0 Å². The number of pyridine rings is 1. The van der Waals surface area contributed by atoms with E-state index in [0.717, 1.165) is 55.2 Å². The molecule has 0 amide bonds. The monoisotopic (exact) mass is 560 g/mol. The lowest BCUT2D eigenvalue weighted by Gasteiger charge is -2.25. The summed E-state index contributed by atoms with van der Waals surface area (Å²) in [5, 5.41) is 6.02. The number of ether oxygens (including phenoxy) is 2. The van der Waals surface area contributed by atoms with Crippen molar-refractivity contribution in [3.8, 4) is 11.5 Å². The Morgan fingerprint density at radius 3 is 2.80 bits per heavy atom. The molecule has 1 unspecified atom stereocenters. The Bertz CT molecular complexity index is 1410. The van der Waals surface area contributed by atoms with Crippen LogP contribution < -0.4 is 20.1 Å². The maximum atomic E-state index is 15.5. The van der Waals surface area contributed by atoms with Crippen LogP contribution in [0.2, 0.25) is 0 Å². The highest BCUT2D eigenvalue weighted by atomic mass is 19.1. The Hall–Kier alpha value is -4.14. The van der Waals surface area contributed by atoms with Gasteiger partial charge in [-0.1, -0.05) is 32.8 Å². The van der Waals surface area contributed by atoms with Gasteiger partial charge in [0.15, 0.2) is 23.2 Å². The Labute approximate surface area is 242 Å². The highest BCUT2D eigenvalue weighted by Crippen LogP contribution is 2.34. The van der Waals surface area contributed by atoms with Gasteiger partial charge in [-0.15, -0.1) is 0 Å². The van der Waals surface area contributed by atoms with Crippen LogP contribution in [-0.4, -0.2) is 41.7 Å². The fourth-order valence-electron chi connectivity index (χ4n) is 4.83. The lowest BCUT2D eigenvalue weighted by molar-refractivity contribution is 0.273. The summed E-state index contributed by atoms with van der Waals surface area (Å²) in [6.07, 6.45) is 12.4. The first kappa shape index (κ1) is 29.8. The lowest BCUT2D eigenvalue weighted by Crippen LogP contribution is -2.30. The van der Waals surface area contributed by atoms with Crippen LogP contribution in [0.4, 0.5) is 15.9 Å². The van der Waals surface area contributed by atoms with Crippen LogP contribution in [0.5, 0.6) is 11.5 Å². The molecule has 1 aromatic carbocycles. The molecule has 2 aliphatic rings. The summed E-state index contributed by atoms with van der Waals surface area (Å²) in [6.45, 7) is 14.1. The van der Waals surface area contributed by atoms with Crippen molar-refractivity contribution in [2.24, 2.45) is 21.7 Å². The smallest absolute Gasteiger partial charge is 0.172 e. The van der Waals surface area contributed by atoms with Gasteiger partial charge in [0.2, 0.25) is 0 Å². The number of unbranched alkanes of at least 4 members (excludes halogenated alkanes) is 2. The molecule has 0 radical (unpaired) electrons. The van der Waals surface area contributed by atoms with Crippen molar-refractivity contribution in [2.45, 2.75) is 60.8 Å². The van der Waals surface area contributed by atoms with Gasteiger partial charge in [0.05, 0.1) is 12.3 Å². The molecule has 0 aliphatic carbocycles. The number of amidine groups is 1. The number of aryl methyl sites for hydroxylation is 1. The molecule has 0 spiro atoms. The number of nitrogens with two attached hydrogens (primary N) is 1. The van der Waals surface area contributed by atoms with Crippen molar-refractivity contribution in [3.05, 3.63) is 76.7 Å². The number of hydrogen-bond acceptors (Lipinski definition) is 7. The molecule has 1 atom stereocenters. The van der Waals surface area contributed by atoms with Gasteiger partial charge in [0, 0.05) is 43.1 Å². The van der Waals surface area contributed by atoms with E-state index >= 15 is 4.39 Å². The van der Waals surface area contributed by atoms with Crippen LogP contribution in [0.1, 0.15) is 63.8 Å². The van der Waals surface area contributed by atoms with Gasteiger partial charge >= 0.3 is 0 Å². The molecule has 0 saturated heterocycles. The number of fused-ring (bicyclic) bond motifs is 1. The average molecular weight is 561 g/mol. The quantitative estimate of drug-likeness (QED) is 0.204. The van der Waals surface area contributed by atoms with E-state index in [9.17, 15) is 0 Å². The van der Waals surface area contributed by atoms with Gasteiger partial charge in [-0.05, 0) is 64.0 Å². The summed E-state index contributed by atoms with van der Waals surface area (Å²) in [5.41, 5.74) is 9.11.